The third kappa shape index (κ3) is 5.17. The number of piperidine rings is 1. The van der Waals surface area contributed by atoms with Gasteiger partial charge < -0.3 is 24.8 Å². The number of methoxy groups -OCH3 is 1. The van der Waals surface area contributed by atoms with E-state index in [1.807, 2.05) is 18.2 Å². The minimum atomic E-state index is -0.383. The Morgan fingerprint density at radius 1 is 1.09 bits per heavy atom. The van der Waals surface area contributed by atoms with Gasteiger partial charge in [-0.05, 0) is 72.0 Å². The van der Waals surface area contributed by atoms with Crippen molar-refractivity contribution in [2.45, 2.75) is 44.1 Å². The Labute approximate surface area is 256 Å². The van der Waals surface area contributed by atoms with Crippen LogP contribution in [0.5, 0.6) is 5.75 Å². The van der Waals surface area contributed by atoms with E-state index in [1.54, 1.807) is 36.2 Å². The number of carbonyl (C=O) groups is 2. The molecule has 1 fully saturated rings. The Balaban J connectivity index is 1.44. The van der Waals surface area contributed by atoms with Gasteiger partial charge in [0.05, 0.1) is 25.7 Å². The highest BCUT2D eigenvalue weighted by atomic mass is 16.5. The lowest BCUT2D eigenvalue weighted by atomic mass is 9.73. The lowest BCUT2D eigenvalue weighted by Crippen LogP contribution is -2.44. The number of esters is 1. The molecule has 1 aliphatic heterocycles. The van der Waals surface area contributed by atoms with E-state index in [0.29, 0.717) is 42.2 Å². The molecule has 9 heteroatoms. The third-order valence-corrected chi connectivity index (χ3v) is 8.96. The number of anilines is 1. The van der Waals surface area contributed by atoms with Crippen LogP contribution < -0.4 is 10.5 Å². The minimum Gasteiger partial charge on any atom is -0.484 e. The number of nitrogens with two attached hydrogens (primary N) is 1. The normalized spacial score (nSPS) is 16.8. The highest BCUT2D eigenvalue weighted by Crippen LogP contribution is 2.53. The second-order valence-corrected chi connectivity index (χ2v) is 11.3. The highest BCUT2D eigenvalue weighted by Gasteiger charge is 2.47. The third-order valence-electron chi connectivity index (χ3n) is 8.96. The molecule has 224 valence electrons. The fourth-order valence-electron chi connectivity index (χ4n) is 6.82. The summed E-state index contributed by atoms with van der Waals surface area (Å²) >= 11 is 0. The van der Waals surface area contributed by atoms with E-state index in [9.17, 15) is 14.9 Å². The van der Waals surface area contributed by atoms with E-state index in [1.165, 1.54) is 12.7 Å². The van der Waals surface area contributed by atoms with Crippen molar-refractivity contribution in [2.75, 3.05) is 32.5 Å². The predicted molar refractivity (Wildman–Crippen MR) is 166 cm³/mol. The monoisotopic (exact) mass is 590 g/mol. The van der Waals surface area contributed by atoms with E-state index in [-0.39, 0.29) is 36.6 Å². The number of pyridine rings is 1. The number of nitrogen functional groups attached to an aromatic ring is 1. The summed E-state index contributed by atoms with van der Waals surface area (Å²) in [4.78, 5) is 30.8. The second-order valence-electron chi connectivity index (χ2n) is 11.3. The largest absolute Gasteiger partial charge is 0.484 e. The molecule has 3 aromatic carbocycles. The van der Waals surface area contributed by atoms with Gasteiger partial charge in [-0.15, -0.1) is 0 Å². The van der Waals surface area contributed by atoms with Crippen LogP contribution in [-0.4, -0.2) is 48.8 Å². The number of ether oxygens (including phenoxy) is 3. The first-order valence-electron chi connectivity index (χ1n) is 14.8. The number of aromatic nitrogens is 1. The van der Waals surface area contributed by atoms with Crippen molar-refractivity contribution in [3.8, 4) is 22.9 Å². The summed E-state index contributed by atoms with van der Waals surface area (Å²) in [7, 11) is 1.40. The van der Waals surface area contributed by atoms with Crippen molar-refractivity contribution in [1.29, 1.82) is 5.26 Å². The summed E-state index contributed by atoms with van der Waals surface area (Å²) in [6.07, 6.45) is 3.19. The number of nitriles is 1. The summed E-state index contributed by atoms with van der Waals surface area (Å²) in [6.45, 7) is 3.17. The number of fused-ring (bicyclic) bond motifs is 3. The van der Waals surface area contributed by atoms with Gasteiger partial charge in [-0.3, -0.25) is 4.79 Å². The molecule has 0 radical (unpaired) electrons. The van der Waals surface area contributed by atoms with E-state index in [4.69, 9.17) is 19.9 Å². The number of hydrogen-bond acceptors (Lipinski definition) is 8. The fourth-order valence-corrected chi connectivity index (χ4v) is 6.82. The average Bonchev–Trinajstić information content (AvgIpc) is 3.33. The zero-order valence-electron chi connectivity index (χ0n) is 24.8. The molecule has 1 atom stereocenters. The van der Waals surface area contributed by atoms with Gasteiger partial charge in [0, 0.05) is 35.7 Å². The lowest BCUT2D eigenvalue weighted by Gasteiger charge is -2.39. The number of para-hydroxylation sites is 1. The van der Waals surface area contributed by atoms with E-state index < -0.39 is 0 Å². The number of nitrogens with zero attached hydrogens (tertiary/aromatic N) is 3. The van der Waals surface area contributed by atoms with Crippen LogP contribution in [0.15, 0.2) is 66.9 Å². The standard InChI is InChI=1S/C35H34N4O5/c1-3-43-31(40)19-23-6-4-7-24(21-36)32(23)44-30-20-35(13-16-39(17-14-35)34(41)42-2)29-11-10-22(18-28(29)30)25-8-5-9-27-26(25)12-15-38-33(27)37/h4-12,15,18,30H,3,13-14,16-17,19-20H2,1-2H3,(H2,37,38). The summed E-state index contributed by atoms with van der Waals surface area (Å²) in [6, 6.07) is 22.0. The van der Waals surface area contributed by atoms with Crippen LogP contribution >= 0.6 is 0 Å². The van der Waals surface area contributed by atoms with Gasteiger partial charge in [-0.2, -0.15) is 5.26 Å². The molecule has 1 aliphatic carbocycles. The minimum absolute atomic E-state index is 0.00298. The number of benzene rings is 3. The zero-order valence-corrected chi connectivity index (χ0v) is 24.8. The number of rotatable bonds is 6. The van der Waals surface area contributed by atoms with Crippen LogP contribution in [-0.2, 0) is 26.1 Å². The van der Waals surface area contributed by atoms with E-state index in [0.717, 1.165) is 40.3 Å². The zero-order chi connectivity index (χ0) is 30.8. The SMILES string of the molecule is CCOC(=O)Cc1cccc(C#N)c1OC1CC2(CCN(C(=O)OC)CC2)c2ccc(-c3cccc4c(N)nccc34)cc21. The molecule has 0 saturated carbocycles. The Bertz CT molecular complexity index is 1790. The van der Waals surface area contributed by atoms with E-state index in [2.05, 4.69) is 35.3 Å². The molecule has 1 amide bonds. The number of carbonyl (C=O) groups excluding carboxylic acids is 2. The van der Waals surface area contributed by atoms with Crippen LogP contribution in [0.2, 0.25) is 0 Å². The van der Waals surface area contributed by atoms with Crippen LogP contribution in [0.3, 0.4) is 0 Å². The molecule has 2 heterocycles. The van der Waals surface area contributed by atoms with Gasteiger partial charge in [0.1, 0.15) is 23.7 Å². The maximum absolute atomic E-state index is 12.5. The molecule has 0 bridgehead atoms. The molecule has 2 aliphatic rings. The van der Waals surface area contributed by atoms with Gasteiger partial charge in [0.15, 0.2) is 0 Å². The maximum Gasteiger partial charge on any atom is 0.409 e. The molecule has 2 N–H and O–H groups in total. The predicted octanol–water partition coefficient (Wildman–Crippen LogP) is 6.09. The first-order valence-corrected chi connectivity index (χ1v) is 14.8. The second kappa shape index (κ2) is 11.9. The lowest BCUT2D eigenvalue weighted by molar-refractivity contribution is -0.142. The quantitative estimate of drug-likeness (QED) is 0.268. The molecule has 44 heavy (non-hydrogen) atoms. The van der Waals surface area contributed by atoms with Crippen molar-refractivity contribution in [3.63, 3.8) is 0 Å². The molecule has 9 nitrogen and oxygen atoms in total. The van der Waals surface area contributed by atoms with Crippen molar-refractivity contribution in [3.05, 3.63) is 89.1 Å². The van der Waals surface area contributed by atoms with Gasteiger partial charge >= 0.3 is 12.1 Å². The molecule has 6 rings (SSSR count). The molecule has 1 aromatic heterocycles. The Morgan fingerprint density at radius 3 is 2.64 bits per heavy atom. The smallest absolute Gasteiger partial charge is 0.409 e. The van der Waals surface area contributed by atoms with Crippen LogP contribution in [0.1, 0.15) is 54.5 Å². The maximum atomic E-state index is 12.5. The topological polar surface area (TPSA) is 128 Å². The van der Waals surface area contributed by atoms with Crippen LogP contribution in [0.25, 0.3) is 21.9 Å². The Kier molecular flexibility index (Phi) is 7.83. The molecular formula is C35H34N4O5. The van der Waals surface area contributed by atoms with Crippen molar-refractivity contribution in [2.24, 2.45) is 0 Å². The summed E-state index contributed by atoms with van der Waals surface area (Å²) in [5.41, 5.74) is 11.2. The first kappa shape index (κ1) is 29.0. The molecule has 1 spiro atoms. The fraction of sp³-hybridized carbons (Fsp3) is 0.314. The van der Waals surface area contributed by atoms with Gasteiger partial charge in [0.25, 0.3) is 0 Å². The molecular weight excluding hydrogens is 556 g/mol. The summed E-state index contributed by atoms with van der Waals surface area (Å²) < 4.78 is 17.0. The van der Waals surface area contributed by atoms with Crippen molar-refractivity contribution in [1.82, 2.24) is 9.88 Å². The van der Waals surface area contributed by atoms with Gasteiger partial charge in [0.2, 0.25) is 0 Å². The highest BCUT2D eigenvalue weighted by molar-refractivity contribution is 6.01. The Hall–Kier alpha value is -5.10. The number of amides is 1. The first-order chi connectivity index (χ1) is 21.4. The molecule has 1 unspecified atom stereocenters. The van der Waals surface area contributed by atoms with Crippen LogP contribution in [0.4, 0.5) is 10.6 Å². The number of likely N-dealkylation sites (tertiary alicyclic amines) is 1. The number of hydrogen-bond donors (Lipinski definition) is 1. The Morgan fingerprint density at radius 2 is 1.89 bits per heavy atom. The van der Waals surface area contributed by atoms with Crippen molar-refractivity contribution >= 4 is 28.7 Å². The van der Waals surface area contributed by atoms with Crippen LogP contribution in [0, 0.1) is 11.3 Å². The van der Waals surface area contributed by atoms with E-state index >= 15 is 0 Å². The molecule has 4 aromatic rings. The summed E-state index contributed by atoms with van der Waals surface area (Å²) in [5, 5.41) is 11.9. The van der Waals surface area contributed by atoms with Gasteiger partial charge in [-0.1, -0.05) is 42.5 Å². The van der Waals surface area contributed by atoms with Gasteiger partial charge in [-0.25, -0.2) is 9.78 Å². The molecule has 1 saturated heterocycles. The summed E-state index contributed by atoms with van der Waals surface area (Å²) in [5.74, 6) is 0.501. The average molecular weight is 591 g/mol. The van der Waals surface area contributed by atoms with Crippen molar-refractivity contribution < 1.29 is 23.8 Å².